The molecule has 3 N–H and O–H groups in total. The first-order valence-electron chi connectivity index (χ1n) is 6.24. The van der Waals surface area contributed by atoms with Gasteiger partial charge >= 0.3 is 0 Å². The lowest BCUT2D eigenvalue weighted by molar-refractivity contribution is -0.127. The van der Waals surface area contributed by atoms with Crippen LogP contribution in [0, 0.1) is 0 Å². The predicted octanol–water partition coefficient (Wildman–Crippen LogP) is 0.765. The van der Waals surface area contributed by atoms with Crippen LogP contribution in [0.25, 0.3) is 0 Å². The fraction of sp³-hybridized carbons (Fsp3) is 0.385. The molecule has 1 heterocycles. The van der Waals surface area contributed by atoms with Gasteiger partial charge in [-0.25, -0.2) is 0 Å². The van der Waals surface area contributed by atoms with Gasteiger partial charge in [0.15, 0.2) is 0 Å². The molecule has 1 saturated heterocycles. The maximum Gasteiger partial charge on any atom is 0.237 e. The van der Waals surface area contributed by atoms with E-state index < -0.39 is 6.04 Å². The number of rotatable bonds is 4. The summed E-state index contributed by atoms with van der Waals surface area (Å²) in [6.07, 6.45) is 0.0570. The largest absolute Gasteiger partial charge is 0.495 e. The number of piperazine rings is 1. The molecule has 1 aromatic rings. The second kappa shape index (κ2) is 6.58. The minimum absolute atomic E-state index is 0.0570. The Kier molecular flexibility index (Phi) is 4.81. The Bertz CT molecular complexity index is 522. The van der Waals surface area contributed by atoms with Crippen LogP contribution in [0.1, 0.15) is 6.42 Å². The summed E-state index contributed by atoms with van der Waals surface area (Å²) in [7, 11) is 1.51. The Morgan fingerprint density at radius 1 is 1.50 bits per heavy atom. The smallest absolute Gasteiger partial charge is 0.237 e. The van der Waals surface area contributed by atoms with Crippen LogP contribution in [0.2, 0.25) is 5.02 Å². The summed E-state index contributed by atoms with van der Waals surface area (Å²) in [5.74, 6) is 0.0772. The number of ether oxygens (including phenoxy) is 1. The molecule has 20 heavy (non-hydrogen) atoms. The van der Waals surface area contributed by atoms with Crippen molar-refractivity contribution in [1.29, 1.82) is 0 Å². The van der Waals surface area contributed by atoms with Crippen molar-refractivity contribution in [3.8, 4) is 5.75 Å². The van der Waals surface area contributed by atoms with Gasteiger partial charge in [0.25, 0.3) is 0 Å². The molecule has 0 saturated carbocycles. The zero-order valence-electron chi connectivity index (χ0n) is 11.0. The van der Waals surface area contributed by atoms with Crippen LogP contribution in [0.5, 0.6) is 5.75 Å². The summed E-state index contributed by atoms with van der Waals surface area (Å²) in [6, 6.07) is 4.44. The van der Waals surface area contributed by atoms with Crippen LogP contribution in [0.15, 0.2) is 18.2 Å². The fourth-order valence-corrected chi connectivity index (χ4v) is 2.15. The maximum absolute atomic E-state index is 12.0. The van der Waals surface area contributed by atoms with E-state index in [1.54, 1.807) is 18.2 Å². The molecule has 2 rings (SSSR count). The molecule has 1 aromatic carbocycles. The van der Waals surface area contributed by atoms with Crippen molar-refractivity contribution in [2.75, 3.05) is 25.5 Å². The SMILES string of the molecule is COc1ccc(Cl)cc1NC(=O)C[C@H]1NCCNC1=O. The van der Waals surface area contributed by atoms with E-state index in [0.29, 0.717) is 29.5 Å². The third-order valence-corrected chi connectivity index (χ3v) is 3.19. The van der Waals surface area contributed by atoms with Crippen molar-refractivity contribution in [1.82, 2.24) is 10.6 Å². The quantitative estimate of drug-likeness (QED) is 0.767. The lowest BCUT2D eigenvalue weighted by atomic mass is 10.1. The van der Waals surface area contributed by atoms with E-state index in [0.717, 1.165) is 0 Å². The van der Waals surface area contributed by atoms with Gasteiger partial charge in [0.05, 0.1) is 25.3 Å². The Morgan fingerprint density at radius 2 is 2.30 bits per heavy atom. The molecule has 0 spiro atoms. The standard InChI is InChI=1S/C13H16ClN3O3/c1-20-11-3-2-8(14)6-9(11)17-12(18)7-10-13(19)16-5-4-15-10/h2-3,6,10,15H,4-5,7H2,1H3,(H,16,19)(H,17,18)/t10-/m1/s1. The molecule has 1 fully saturated rings. The fourth-order valence-electron chi connectivity index (χ4n) is 1.98. The van der Waals surface area contributed by atoms with Crippen LogP contribution in [-0.2, 0) is 9.59 Å². The molecule has 0 aliphatic carbocycles. The molecule has 108 valence electrons. The lowest BCUT2D eigenvalue weighted by Gasteiger charge is -2.23. The molecule has 0 bridgehead atoms. The Labute approximate surface area is 121 Å². The molecular formula is C13H16ClN3O3. The summed E-state index contributed by atoms with van der Waals surface area (Å²) in [6.45, 7) is 1.24. The van der Waals surface area contributed by atoms with E-state index in [1.807, 2.05) is 0 Å². The van der Waals surface area contributed by atoms with Crippen LogP contribution >= 0.6 is 11.6 Å². The van der Waals surface area contributed by atoms with E-state index in [2.05, 4.69) is 16.0 Å². The maximum atomic E-state index is 12.0. The highest BCUT2D eigenvalue weighted by Crippen LogP contribution is 2.27. The number of hydrogen-bond donors (Lipinski definition) is 3. The van der Waals surface area contributed by atoms with Crippen molar-refractivity contribution in [3.63, 3.8) is 0 Å². The van der Waals surface area contributed by atoms with E-state index in [1.165, 1.54) is 7.11 Å². The van der Waals surface area contributed by atoms with Crippen molar-refractivity contribution >= 4 is 29.1 Å². The number of methoxy groups -OCH3 is 1. The topological polar surface area (TPSA) is 79.5 Å². The number of carbonyl (C=O) groups excluding carboxylic acids is 2. The number of hydrogen-bond acceptors (Lipinski definition) is 4. The first-order valence-corrected chi connectivity index (χ1v) is 6.62. The van der Waals surface area contributed by atoms with Crippen molar-refractivity contribution < 1.29 is 14.3 Å². The second-order valence-corrected chi connectivity index (χ2v) is 4.83. The number of halogens is 1. The normalized spacial score (nSPS) is 18.3. The Morgan fingerprint density at radius 3 is 3.00 bits per heavy atom. The molecule has 1 aliphatic heterocycles. The lowest BCUT2D eigenvalue weighted by Crippen LogP contribution is -2.53. The molecule has 1 atom stereocenters. The van der Waals surface area contributed by atoms with Gasteiger partial charge in [-0.3, -0.25) is 9.59 Å². The van der Waals surface area contributed by atoms with Crippen LogP contribution < -0.4 is 20.7 Å². The van der Waals surface area contributed by atoms with E-state index in [-0.39, 0.29) is 18.2 Å². The zero-order chi connectivity index (χ0) is 14.5. The minimum Gasteiger partial charge on any atom is -0.495 e. The van der Waals surface area contributed by atoms with E-state index >= 15 is 0 Å². The van der Waals surface area contributed by atoms with Gasteiger partial charge in [0.2, 0.25) is 11.8 Å². The number of amides is 2. The molecule has 1 aliphatic rings. The average molecular weight is 298 g/mol. The number of anilines is 1. The summed E-state index contributed by atoms with van der Waals surface area (Å²) < 4.78 is 5.14. The molecular weight excluding hydrogens is 282 g/mol. The van der Waals surface area contributed by atoms with Crippen LogP contribution in [0.4, 0.5) is 5.69 Å². The number of carbonyl (C=O) groups is 2. The van der Waals surface area contributed by atoms with Crippen molar-refractivity contribution in [2.45, 2.75) is 12.5 Å². The van der Waals surface area contributed by atoms with E-state index in [4.69, 9.17) is 16.3 Å². The van der Waals surface area contributed by atoms with E-state index in [9.17, 15) is 9.59 Å². The van der Waals surface area contributed by atoms with Gasteiger partial charge in [-0.1, -0.05) is 11.6 Å². The zero-order valence-corrected chi connectivity index (χ0v) is 11.8. The minimum atomic E-state index is -0.506. The predicted molar refractivity (Wildman–Crippen MR) is 76.1 cm³/mol. The van der Waals surface area contributed by atoms with Crippen molar-refractivity contribution in [3.05, 3.63) is 23.2 Å². The van der Waals surface area contributed by atoms with Gasteiger partial charge in [-0.2, -0.15) is 0 Å². The summed E-state index contributed by atoms with van der Waals surface area (Å²) in [5, 5.41) is 8.90. The molecule has 6 nitrogen and oxygen atoms in total. The second-order valence-electron chi connectivity index (χ2n) is 4.39. The van der Waals surface area contributed by atoms with Gasteiger partial charge in [-0.15, -0.1) is 0 Å². The van der Waals surface area contributed by atoms with Gasteiger partial charge < -0.3 is 20.7 Å². The summed E-state index contributed by atoms with van der Waals surface area (Å²) >= 11 is 5.89. The highest BCUT2D eigenvalue weighted by atomic mass is 35.5. The highest BCUT2D eigenvalue weighted by molar-refractivity contribution is 6.31. The summed E-state index contributed by atoms with van der Waals surface area (Å²) in [4.78, 5) is 23.5. The first-order chi connectivity index (χ1) is 9.60. The molecule has 0 aromatic heterocycles. The molecule has 0 radical (unpaired) electrons. The first kappa shape index (κ1) is 14.6. The molecule has 0 unspecified atom stereocenters. The summed E-state index contributed by atoms with van der Waals surface area (Å²) in [5.41, 5.74) is 0.487. The van der Waals surface area contributed by atoms with Crippen LogP contribution in [-0.4, -0.2) is 38.1 Å². The van der Waals surface area contributed by atoms with Gasteiger partial charge in [0.1, 0.15) is 5.75 Å². The molecule has 2 amide bonds. The number of nitrogens with one attached hydrogen (secondary N) is 3. The van der Waals surface area contributed by atoms with Crippen LogP contribution in [0.3, 0.4) is 0 Å². The Hall–Kier alpha value is -1.79. The number of benzene rings is 1. The third kappa shape index (κ3) is 3.61. The van der Waals surface area contributed by atoms with Gasteiger partial charge in [-0.05, 0) is 18.2 Å². The molecule has 7 heteroatoms. The third-order valence-electron chi connectivity index (χ3n) is 2.96. The van der Waals surface area contributed by atoms with Crippen molar-refractivity contribution in [2.24, 2.45) is 0 Å². The average Bonchev–Trinajstić information content (AvgIpc) is 2.41. The highest BCUT2D eigenvalue weighted by Gasteiger charge is 2.24. The monoisotopic (exact) mass is 297 g/mol. The van der Waals surface area contributed by atoms with Gasteiger partial charge in [0, 0.05) is 18.1 Å². The Balaban J connectivity index is 2.00.